The number of nitrogens with two attached hydrogens (primary N) is 1. The molecule has 3 rings (SSSR count). The van der Waals surface area contributed by atoms with Crippen molar-refractivity contribution in [3.05, 3.63) is 12.4 Å². The quantitative estimate of drug-likeness (QED) is 0.898. The monoisotopic (exact) mass is 354 g/mol. The maximum atomic E-state index is 14.4. The lowest BCUT2D eigenvalue weighted by Crippen LogP contribution is -2.52. The summed E-state index contributed by atoms with van der Waals surface area (Å²) in [4.78, 5) is 9.63. The third-order valence-corrected chi connectivity index (χ3v) is 4.24. The summed E-state index contributed by atoms with van der Waals surface area (Å²) in [6, 6.07) is 1.60. The van der Waals surface area contributed by atoms with Crippen molar-refractivity contribution >= 4 is 16.7 Å². The molecule has 0 amide bonds. The molecule has 0 saturated carbocycles. The molecule has 7 nitrogen and oxygen atoms in total. The highest BCUT2D eigenvalue weighted by molar-refractivity contribution is 5.97. The smallest absolute Gasteiger partial charge is 0.296 e. The molecule has 1 fully saturated rings. The van der Waals surface area contributed by atoms with Crippen LogP contribution in [-0.2, 0) is 0 Å². The number of piperidine rings is 1. The van der Waals surface area contributed by atoms with E-state index in [1.807, 2.05) is 0 Å². The van der Waals surface area contributed by atoms with Crippen LogP contribution in [0.25, 0.3) is 10.9 Å². The molecule has 0 bridgehead atoms. The summed E-state index contributed by atoms with van der Waals surface area (Å²) in [5.74, 6) is -2.32. The number of likely N-dealkylation sites (tertiary alicyclic amines) is 1. The van der Waals surface area contributed by atoms with Crippen molar-refractivity contribution < 1.29 is 23.0 Å². The fraction of sp³-hybridized carbons (Fsp3) is 0.500. The number of methoxy groups -OCH3 is 2. The molecule has 0 aliphatic carbocycles. The molecule has 1 aliphatic rings. The number of fused-ring (bicyclic) bond motifs is 1. The second-order valence-electron chi connectivity index (χ2n) is 5.99. The zero-order valence-electron chi connectivity index (χ0n) is 14.3. The van der Waals surface area contributed by atoms with E-state index in [4.69, 9.17) is 19.9 Å². The van der Waals surface area contributed by atoms with E-state index < -0.39 is 12.0 Å². The van der Waals surface area contributed by atoms with E-state index in [1.165, 1.54) is 20.5 Å². The number of rotatable bonds is 4. The van der Waals surface area contributed by atoms with Crippen LogP contribution in [0.4, 0.5) is 14.6 Å². The fourth-order valence-electron chi connectivity index (χ4n) is 3.01. The van der Waals surface area contributed by atoms with Gasteiger partial charge in [-0.3, -0.25) is 0 Å². The van der Waals surface area contributed by atoms with Crippen LogP contribution < -0.4 is 19.9 Å². The Bertz CT molecular complexity index is 788. The molecule has 1 saturated heterocycles. The zero-order chi connectivity index (χ0) is 18.2. The largest absolute Gasteiger partial charge is 0.493 e. The Labute approximate surface area is 143 Å². The summed E-state index contributed by atoms with van der Waals surface area (Å²) in [5.41, 5.74) is 6.37. The minimum atomic E-state index is -3.02. The number of nitrogen functional groups attached to an aromatic ring is 1. The third kappa shape index (κ3) is 3.11. The molecule has 0 spiro atoms. The SMILES string of the molecule is COc1cc2ncnc(N)c2c(OC2CCN(C)CC2(F)F)c1OC. The van der Waals surface area contributed by atoms with E-state index in [2.05, 4.69) is 9.97 Å². The number of halogens is 2. The Balaban J connectivity index is 2.13. The first kappa shape index (κ1) is 17.4. The minimum absolute atomic E-state index is 0.0733. The van der Waals surface area contributed by atoms with Gasteiger partial charge >= 0.3 is 0 Å². The Morgan fingerprint density at radius 1 is 1.24 bits per heavy atom. The van der Waals surface area contributed by atoms with Crippen LogP contribution in [0.15, 0.2) is 12.4 Å². The van der Waals surface area contributed by atoms with Crippen molar-refractivity contribution in [1.29, 1.82) is 0 Å². The Kier molecular flexibility index (Phi) is 4.51. The number of nitrogens with zero attached hydrogens (tertiary/aromatic N) is 3. The van der Waals surface area contributed by atoms with Crippen LogP contribution >= 0.6 is 0 Å². The molecule has 1 aliphatic heterocycles. The number of aromatic nitrogens is 2. The van der Waals surface area contributed by atoms with Gasteiger partial charge in [-0.15, -0.1) is 0 Å². The van der Waals surface area contributed by atoms with Gasteiger partial charge in [-0.25, -0.2) is 18.7 Å². The first-order valence-electron chi connectivity index (χ1n) is 7.75. The fourth-order valence-corrected chi connectivity index (χ4v) is 3.01. The van der Waals surface area contributed by atoms with Crippen molar-refractivity contribution in [3.8, 4) is 17.2 Å². The van der Waals surface area contributed by atoms with Crippen LogP contribution in [0.2, 0.25) is 0 Å². The summed E-state index contributed by atoms with van der Waals surface area (Å²) in [7, 11) is 4.50. The number of benzene rings is 1. The molecule has 1 aromatic carbocycles. The molecule has 0 radical (unpaired) electrons. The van der Waals surface area contributed by atoms with Crippen molar-refractivity contribution in [3.63, 3.8) is 0 Å². The van der Waals surface area contributed by atoms with Crippen LogP contribution in [0.1, 0.15) is 6.42 Å². The minimum Gasteiger partial charge on any atom is -0.493 e. The second kappa shape index (κ2) is 6.47. The highest BCUT2D eigenvalue weighted by Crippen LogP contribution is 2.46. The van der Waals surface area contributed by atoms with Crippen LogP contribution in [0.5, 0.6) is 17.2 Å². The summed E-state index contributed by atoms with van der Waals surface area (Å²) in [6.45, 7) is 0.115. The molecule has 136 valence electrons. The summed E-state index contributed by atoms with van der Waals surface area (Å²) in [6.07, 6.45) is 0.142. The topological polar surface area (TPSA) is 82.7 Å². The van der Waals surface area contributed by atoms with E-state index in [1.54, 1.807) is 18.0 Å². The Morgan fingerprint density at radius 2 is 2.00 bits per heavy atom. The van der Waals surface area contributed by atoms with Crippen LogP contribution in [0, 0.1) is 0 Å². The number of anilines is 1. The first-order chi connectivity index (χ1) is 11.9. The van der Waals surface area contributed by atoms with Gasteiger partial charge in [0.1, 0.15) is 12.1 Å². The van der Waals surface area contributed by atoms with Crippen molar-refractivity contribution in [2.45, 2.75) is 18.4 Å². The van der Waals surface area contributed by atoms with Gasteiger partial charge in [-0.05, 0) is 7.05 Å². The molecule has 9 heteroatoms. The van der Waals surface area contributed by atoms with Gasteiger partial charge in [0.05, 0.1) is 31.7 Å². The Hall–Kier alpha value is -2.42. The molecular weight excluding hydrogens is 334 g/mol. The van der Waals surface area contributed by atoms with Gasteiger partial charge in [-0.2, -0.15) is 0 Å². The van der Waals surface area contributed by atoms with Crippen molar-refractivity contribution in [1.82, 2.24) is 14.9 Å². The van der Waals surface area contributed by atoms with Gasteiger partial charge in [0, 0.05) is 19.0 Å². The standard InChI is InChI=1S/C16H20F2N4O3/c1-22-5-4-11(16(17,18)7-22)25-14-12-9(20-8-21-15(12)19)6-10(23-2)13(14)24-3/h6,8,11H,4-5,7H2,1-3H3,(H2,19,20,21). The molecule has 2 aromatic rings. The van der Waals surface area contributed by atoms with Crippen molar-refractivity contribution in [2.24, 2.45) is 0 Å². The maximum Gasteiger partial charge on any atom is 0.296 e. The van der Waals surface area contributed by atoms with Gasteiger partial charge in [0.15, 0.2) is 17.6 Å². The van der Waals surface area contributed by atoms with Gasteiger partial charge in [0.2, 0.25) is 5.75 Å². The number of alkyl halides is 2. The van der Waals surface area contributed by atoms with E-state index in [-0.39, 0.29) is 30.3 Å². The number of ether oxygens (including phenoxy) is 3. The molecule has 2 heterocycles. The molecule has 1 unspecified atom stereocenters. The molecular formula is C16H20F2N4O3. The van der Waals surface area contributed by atoms with E-state index in [9.17, 15) is 8.78 Å². The summed E-state index contributed by atoms with van der Waals surface area (Å²) >= 11 is 0. The molecule has 1 aromatic heterocycles. The maximum absolute atomic E-state index is 14.4. The first-order valence-corrected chi connectivity index (χ1v) is 7.75. The molecule has 1 atom stereocenters. The summed E-state index contributed by atoms with van der Waals surface area (Å²) < 4.78 is 45.2. The van der Waals surface area contributed by atoms with E-state index >= 15 is 0 Å². The lowest BCUT2D eigenvalue weighted by Gasteiger charge is -2.36. The third-order valence-electron chi connectivity index (χ3n) is 4.24. The number of hydrogen-bond donors (Lipinski definition) is 1. The van der Waals surface area contributed by atoms with Gasteiger partial charge in [-0.1, -0.05) is 0 Å². The van der Waals surface area contributed by atoms with Crippen molar-refractivity contribution in [2.75, 3.05) is 40.1 Å². The molecule has 25 heavy (non-hydrogen) atoms. The average Bonchev–Trinajstić information content (AvgIpc) is 2.56. The van der Waals surface area contributed by atoms with E-state index in [0.29, 0.717) is 23.2 Å². The normalized spacial score (nSPS) is 20.4. The van der Waals surface area contributed by atoms with Gasteiger partial charge < -0.3 is 24.8 Å². The summed E-state index contributed by atoms with van der Waals surface area (Å²) in [5, 5.41) is 0.329. The zero-order valence-corrected chi connectivity index (χ0v) is 14.3. The number of hydrogen-bond acceptors (Lipinski definition) is 7. The second-order valence-corrected chi connectivity index (χ2v) is 5.99. The predicted octanol–water partition coefficient (Wildman–Crippen LogP) is 1.95. The van der Waals surface area contributed by atoms with Crippen LogP contribution in [-0.4, -0.2) is 61.3 Å². The lowest BCUT2D eigenvalue weighted by molar-refractivity contribution is -0.135. The van der Waals surface area contributed by atoms with Gasteiger partial charge in [0.25, 0.3) is 5.92 Å². The molecule has 2 N–H and O–H groups in total. The van der Waals surface area contributed by atoms with Crippen LogP contribution in [0.3, 0.4) is 0 Å². The average molecular weight is 354 g/mol. The highest BCUT2D eigenvalue weighted by Gasteiger charge is 2.46. The highest BCUT2D eigenvalue weighted by atomic mass is 19.3. The lowest BCUT2D eigenvalue weighted by atomic mass is 10.0. The predicted molar refractivity (Wildman–Crippen MR) is 88.5 cm³/mol. The Morgan fingerprint density at radius 3 is 2.64 bits per heavy atom. The van der Waals surface area contributed by atoms with E-state index in [0.717, 1.165) is 0 Å².